The lowest BCUT2D eigenvalue weighted by Gasteiger charge is -2.05. The highest BCUT2D eigenvalue weighted by atomic mass is 32.2. The van der Waals surface area contributed by atoms with Crippen LogP contribution in [0.3, 0.4) is 0 Å². The summed E-state index contributed by atoms with van der Waals surface area (Å²) in [6.45, 7) is 0. The minimum Gasteiger partial charge on any atom is -0.504 e. The highest BCUT2D eigenvalue weighted by Crippen LogP contribution is 2.29. The maximum absolute atomic E-state index is 9.36. The van der Waals surface area contributed by atoms with Crippen molar-refractivity contribution in [1.29, 1.82) is 0 Å². The number of aromatic hydroxyl groups is 4. The van der Waals surface area contributed by atoms with E-state index in [1.165, 1.54) is 24.3 Å². The van der Waals surface area contributed by atoms with Gasteiger partial charge in [0.2, 0.25) is 0 Å². The van der Waals surface area contributed by atoms with Gasteiger partial charge in [-0.05, 0) is 35.4 Å². The summed E-state index contributed by atoms with van der Waals surface area (Å²) in [5.74, 6) is 0.848. The van der Waals surface area contributed by atoms with Crippen molar-refractivity contribution in [2.45, 2.75) is 11.5 Å². The molecule has 100 valence electrons. The zero-order valence-corrected chi connectivity index (χ0v) is 10.9. The first kappa shape index (κ1) is 13.4. The zero-order chi connectivity index (χ0) is 13.8. The van der Waals surface area contributed by atoms with Crippen molar-refractivity contribution < 1.29 is 20.4 Å². The van der Waals surface area contributed by atoms with Gasteiger partial charge in [0.05, 0.1) is 0 Å². The summed E-state index contributed by atoms with van der Waals surface area (Å²) in [7, 11) is 0. The van der Waals surface area contributed by atoms with Gasteiger partial charge in [-0.2, -0.15) is 11.8 Å². The van der Waals surface area contributed by atoms with Crippen LogP contribution in [0.2, 0.25) is 0 Å². The third-order valence-corrected chi connectivity index (χ3v) is 3.69. The maximum atomic E-state index is 9.36. The first-order valence-electron chi connectivity index (χ1n) is 5.65. The van der Waals surface area contributed by atoms with Gasteiger partial charge in [-0.3, -0.25) is 0 Å². The Morgan fingerprint density at radius 2 is 1.05 bits per heavy atom. The third kappa shape index (κ3) is 3.48. The predicted molar refractivity (Wildman–Crippen MR) is 74.5 cm³/mol. The second kappa shape index (κ2) is 5.75. The lowest BCUT2D eigenvalue weighted by Crippen LogP contribution is -1.84. The molecule has 2 rings (SSSR count). The summed E-state index contributed by atoms with van der Waals surface area (Å²) >= 11 is 1.60. The molecule has 5 heteroatoms. The molecule has 0 atom stereocenters. The summed E-state index contributed by atoms with van der Waals surface area (Å²) in [6, 6.07) is 9.45. The Balaban J connectivity index is 1.92. The van der Waals surface area contributed by atoms with E-state index in [-0.39, 0.29) is 23.0 Å². The minimum absolute atomic E-state index is 0.125. The fraction of sp³-hybridized carbons (Fsp3) is 0.143. The topological polar surface area (TPSA) is 80.9 Å². The Bertz CT molecular complexity index is 532. The largest absolute Gasteiger partial charge is 0.504 e. The van der Waals surface area contributed by atoms with E-state index in [0.717, 1.165) is 11.1 Å². The quantitative estimate of drug-likeness (QED) is 0.647. The molecule has 0 aliphatic rings. The first-order chi connectivity index (χ1) is 9.06. The van der Waals surface area contributed by atoms with Crippen molar-refractivity contribution in [1.82, 2.24) is 0 Å². The fourth-order valence-corrected chi connectivity index (χ4v) is 2.54. The van der Waals surface area contributed by atoms with Crippen LogP contribution >= 0.6 is 11.8 Å². The molecule has 4 nitrogen and oxygen atoms in total. The van der Waals surface area contributed by atoms with Crippen LogP contribution in [0.25, 0.3) is 0 Å². The smallest absolute Gasteiger partial charge is 0.157 e. The highest BCUT2D eigenvalue weighted by Gasteiger charge is 2.03. The molecule has 0 aromatic heterocycles. The van der Waals surface area contributed by atoms with E-state index < -0.39 is 0 Å². The maximum Gasteiger partial charge on any atom is 0.157 e. The second-order valence-electron chi connectivity index (χ2n) is 4.14. The van der Waals surface area contributed by atoms with E-state index in [1.54, 1.807) is 23.9 Å². The summed E-state index contributed by atoms with van der Waals surface area (Å²) < 4.78 is 0. The SMILES string of the molecule is Oc1ccc(CSCc2ccc(O)c(O)c2)cc1O. The van der Waals surface area contributed by atoms with E-state index in [0.29, 0.717) is 11.5 Å². The molecule has 0 radical (unpaired) electrons. The molecule has 0 amide bonds. The third-order valence-electron chi connectivity index (χ3n) is 2.62. The standard InChI is InChI=1S/C14H14O4S/c15-11-3-1-9(5-13(11)17)7-19-8-10-2-4-12(16)14(18)6-10/h1-6,15-18H,7-8H2. The molecule has 0 saturated heterocycles. The molecule has 4 N–H and O–H groups in total. The number of rotatable bonds is 4. The average Bonchev–Trinajstić information content (AvgIpc) is 2.38. The lowest BCUT2D eigenvalue weighted by molar-refractivity contribution is 0.403. The van der Waals surface area contributed by atoms with Gasteiger partial charge in [-0.25, -0.2) is 0 Å². The molecule has 0 fully saturated rings. The molecule has 19 heavy (non-hydrogen) atoms. The second-order valence-corrected chi connectivity index (χ2v) is 5.12. The van der Waals surface area contributed by atoms with Crippen molar-refractivity contribution in [2.24, 2.45) is 0 Å². The van der Waals surface area contributed by atoms with Gasteiger partial charge in [0.25, 0.3) is 0 Å². The van der Waals surface area contributed by atoms with E-state index in [2.05, 4.69) is 0 Å². The van der Waals surface area contributed by atoms with E-state index in [9.17, 15) is 20.4 Å². The van der Waals surface area contributed by atoms with Gasteiger partial charge in [-0.1, -0.05) is 12.1 Å². The van der Waals surface area contributed by atoms with Gasteiger partial charge in [0, 0.05) is 11.5 Å². The lowest BCUT2D eigenvalue weighted by atomic mass is 10.2. The summed E-state index contributed by atoms with van der Waals surface area (Å²) in [5, 5.41) is 37.1. The van der Waals surface area contributed by atoms with Gasteiger partial charge >= 0.3 is 0 Å². The van der Waals surface area contributed by atoms with Crippen molar-refractivity contribution in [2.75, 3.05) is 0 Å². The summed E-state index contributed by atoms with van der Waals surface area (Å²) in [4.78, 5) is 0. The van der Waals surface area contributed by atoms with E-state index >= 15 is 0 Å². The number of benzene rings is 2. The Kier molecular flexibility index (Phi) is 4.06. The van der Waals surface area contributed by atoms with Crippen LogP contribution in [0.1, 0.15) is 11.1 Å². The van der Waals surface area contributed by atoms with Gasteiger partial charge in [0.1, 0.15) is 0 Å². The molecule has 0 bridgehead atoms. The fourth-order valence-electron chi connectivity index (χ4n) is 1.60. The average molecular weight is 278 g/mol. The highest BCUT2D eigenvalue weighted by molar-refractivity contribution is 7.97. The molecular formula is C14H14O4S. The molecule has 0 aliphatic heterocycles. The van der Waals surface area contributed by atoms with E-state index in [1.807, 2.05) is 0 Å². The first-order valence-corrected chi connectivity index (χ1v) is 6.81. The van der Waals surface area contributed by atoms with Crippen LogP contribution in [0.15, 0.2) is 36.4 Å². The Morgan fingerprint density at radius 1 is 0.632 bits per heavy atom. The van der Waals surface area contributed by atoms with Gasteiger partial charge < -0.3 is 20.4 Å². The summed E-state index contributed by atoms with van der Waals surface area (Å²) in [5.41, 5.74) is 1.81. The van der Waals surface area contributed by atoms with Crippen molar-refractivity contribution in [3.8, 4) is 23.0 Å². The van der Waals surface area contributed by atoms with Crippen LogP contribution in [0, 0.1) is 0 Å². The van der Waals surface area contributed by atoms with Crippen LogP contribution in [-0.2, 0) is 11.5 Å². The Labute approximate surface area is 115 Å². The number of phenols is 4. The van der Waals surface area contributed by atoms with Crippen LogP contribution < -0.4 is 0 Å². The number of phenolic OH excluding ortho intramolecular Hbond substituents is 4. The predicted octanol–water partition coefficient (Wildman–Crippen LogP) is 2.94. The molecule has 0 spiro atoms. The molecular weight excluding hydrogens is 264 g/mol. The molecule has 0 heterocycles. The van der Waals surface area contributed by atoms with Gasteiger partial charge in [-0.15, -0.1) is 0 Å². The number of hydrogen-bond donors (Lipinski definition) is 4. The minimum atomic E-state index is -0.128. The number of thioether (sulfide) groups is 1. The summed E-state index contributed by atoms with van der Waals surface area (Å²) in [6.07, 6.45) is 0. The van der Waals surface area contributed by atoms with Gasteiger partial charge in [0.15, 0.2) is 23.0 Å². The molecule has 0 unspecified atom stereocenters. The van der Waals surface area contributed by atoms with E-state index in [4.69, 9.17) is 0 Å². The van der Waals surface area contributed by atoms with Crippen molar-refractivity contribution >= 4 is 11.8 Å². The Morgan fingerprint density at radius 3 is 1.42 bits per heavy atom. The zero-order valence-electron chi connectivity index (χ0n) is 10.1. The van der Waals surface area contributed by atoms with Crippen LogP contribution in [0.4, 0.5) is 0 Å². The molecule has 2 aromatic carbocycles. The van der Waals surface area contributed by atoms with Crippen molar-refractivity contribution in [3.63, 3.8) is 0 Å². The Hall–Kier alpha value is -2.01. The monoisotopic (exact) mass is 278 g/mol. The molecule has 0 saturated carbocycles. The molecule has 2 aromatic rings. The normalized spacial score (nSPS) is 10.5. The number of hydrogen-bond acceptors (Lipinski definition) is 5. The van der Waals surface area contributed by atoms with Crippen LogP contribution in [0.5, 0.6) is 23.0 Å². The molecule has 0 aliphatic carbocycles. The van der Waals surface area contributed by atoms with Crippen LogP contribution in [-0.4, -0.2) is 20.4 Å². The van der Waals surface area contributed by atoms with Crippen molar-refractivity contribution in [3.05, 3.63) is 47.5 Å².